The zero-order valence-corrected chi connectivity index (χ0v) is 14.6. The van der Waals surface area contributed by atoms with Gasteiger partial charge in [-0.15, -0.1) is 11.3 Å². The fraction of sp³-hybridized carbons (Fsp3) is 0.750. The fourth-order valence-electron chi connectivity index (χ4n) is 3.14. The molecule has 0 aliphatic heterocycles. The molecule has 118 valence electrons. The lowest BCUT2D eigenvalue weighted by molar-refractivity contribution is -0.120. The van der Waals surface area contributed by atoms with Crippen molar-refractivity contribution in [3.63, 3.8) is 0 Å². The predicted molar refractivity (Wildman–Crippen MR) is 84.0 cm³/mol. The molecule has 0 bridgehead atoms. The van der Waals surface area contributed by atoms with Gasteiger partial charge in [-0.1, -0.05) is 27.7 Å². The highest BCUT2D eigenvalue weighted by molar-refractivity contribution is 7.09. The van der Waals surface area contributed by atoms with Gasteiger partial charge in [0.15, 0.2) is 4.80 Å². The molecule has 1 aromatic heterocycles. The standard InChI is InChI=1S/C16H25FN2OS/c1-10-11(2)21-14(19(10)9-7-8-17)18-13(20)12-15(3,4)16(12,5)6/h12H,7-9H2,1-6H3/b18-14-/i17-1. The van der Waals surface area contributed by atoms with Crippen LogP contribution < -0.4 is 4.80 Å². The van der Waals surface area contributed by atoms with Crippen molar-refractivity contribution in [1.29, 1.82) is 0 Å². The summed E-state index contributed by atoms with van der Waals surface area (Å²) in [5, 5.41) is 0. The maximum Gasteiger partial charge on any atom is 0.252 e. The zero-order valence-electron chi connectivity index (χ0n) is 13.8. The number of aromatic nitrogens is 1. The number of carbonyl (C=O) groups is 1. The van der Waals surface area contributed by atoms with E-state index in [9.17, 15) is 9.18 Å². The largest absolute Gasteiger partial charge is 0.321 e. The number of aryl methyl sites for hydroxylation is 1. The highest BCUT2D eigenvalue weighted by Gasteiger charge is 2.68. The van der Waals surface area contributed by atoms with E-state index >= 15 is 0 Å². The van der Waals surface area contributed by atoms with Crippen molar-refractivity contribution < 1.29 is 9.18 Å². The van der Waals surface area contributed by atoms with Crippen molar-refractivity contribution in [2.75, 3.05) is 6.67 Å². The van der Waals surface area contributed by atoms with E-state index in [-0.39, 0.29) is 29.3 Å². The Bertz CT molecular complexity index is 611. The van der Waals surface area contributed by atoms with Crippen molar-refractivity contribution in [2.45, 2.75) is 54.5 Å². The van der Waals surface area contributed by atoms with Crippen LogP contribution in [0.2, 0.25) is 0 Å². The van der Waals surface area contributed by atoms with Crippen LogP contribution in [0.15, 0.2) is 4.99 Å². The van der Waals surface area contributed by atoms with Crippen LogP contribution in [0, 0.1) is 30.6 Å². The van der Waals surface area contributed by atoms with Gasteiger partial charge < -0.3 is 4.57 Å². The van der Waals surface area contributed by atoms with Crippen molar-refractivity contribution in [1.82, 2.24) is 4.57 Å². The summed E-state index contributed by atoms with van der Waals surface area (Å²) in [7, 11) is 0. The van der Waals surface area contributed by atoms with Gasteiger partial charge in [-0.25, -0.2) is 0 Å². The number of nitrogens with zero attached hydrogens (tertiary/aromatic N) is 2. The Labute approximate surface area is 129 Å². The van der Waals surface area contributed by atoms with E-state index < -0.39 is 0 Å². The quantitative estimate of drug-likeness (QED) is 0.836. The van der Waals surface area contributed by atoms with E-state index in [1.165, 1.54) is 11.3 Å². The Morgan fingerprint density at radius 2 is 1.86 bits per heavy atom. The summed E-state index contributed by atoms with van der Waals surface area (Å²) >= 11 is 1.52. The Kier molecular flexibility index (Phi) is 4.17. The van der Waals surface area contributed by atoms with Gasteiger partial charge in [0.1, 0.15) is 0 Å². The van der Waals surface area contributed by atoms with E-state index in [0.29, 0.717) is 17.8 Å². The SMILES string of the molecule is Cc1s/c(=N\C(=O)C2C(C)(C)C2(C)C)n(CCC[18F])c1C. The summed E-state index contributed by atoms with van der Waals surface area (Å²) in [6.45, 7) is 12.7. The van der Waals surface area contributed by atoms with Crippen LogP contribution in [0.1, 0.15) is 44.7 Å². The number of thiazole rings is 1. The van der Waals surface area contributed by atoms with Crippen LogP contribution >= 0.6 is 11.3 Å². The number of amides is 1. The van der Waals surface area contributed by atoms with Crippen LogP contribution in [0.3, 0.4) is 0 Å². The second-order valence-corrected chi connectivity index (χ2v) is 8.23. The van der Waals surface area contributed by atoms with Crippen LogP contribution in [0.4, 0.5) is 4.39 Å². The third-order valence-corrected chi connectivity index (χ3v) is 6.47. The highest BCUT2D eigenvalue weighted by atomic mass is 32.1. The molecule has 3 nitrogen and oxygen atoms in total. The minimum absolute atomic E-state index is 0.00129. The summed E-state index contributed by atoms with van der Waals surface area (Å²) < 4.78 is 14.4. The Hall–Kier alpha value is -0.970. The maximum absolute atomic E-state index is 12.5. The lowest BCUT2D eigenvalue weighted by Crippen LogP contribution is -2.20. The summed E-state index contributed by atoms with van der Waals surface area (Å²) in [6.07, 6.45) is 0.457. The van der Waals surface area contributed by atoms with Gasteiger partial charge in [-0.3, -0.25) is 9.18 Å². The van der Waals surface area contributed by atoms with E-state index in [1.54, 1.807) is 0 Å². The summed E-state index contributed by atoms with van der Waals surface area (Å²) in [5.41, 5.74) is 1.08. The van der Waals surface area contributed by atoms with E-state index in [1.807, 2.05) is 18.4 Å². The Balaban J connectivity index is 2.34. The van der Waals surface area contributed by atoms with Crippen molar-refractivity contribution in [3.8, 4) is 0 Å². The minimum atomic E-state index is -0.350. The topological polar surface area (TPSA) is 34.4 Å². The normalized spacial score (nSPS) is 20.8. The molecule has 0 aromatic carbocycles. The number of rotatable bonds is 4. The van der Waals surface area contributed by atoms with Gasteiger partial charge in [0, 0.05) is 17.1 Å². The monoisotopic (exact) mass is 311 g/mol. The van der Waals surface area contributed by atoms with Crippen LogP contribution in [-0.2, 0) is 11.3 Å². The summed E-state index contributed by atoms with van der Waals surface area (Å²) in [6, 6.07) is 0. The van der Waals surface area contributed by atoms with Crippen LogP contribution in [0.25, 0.3) is 0 Å². The highest BCUT2D eigenvalue weighted by Crippen LogP contribution is 2.68. The van der Waals surface area contributed by atoms with Gasteiger partial charge in [-0.2, -0.15) is 4.99 Å². The van der Waals surface area contributed by atoms with E-state index in [0.717, 1.165) is 10.6 Å². The summed E-state index contributed by atoms with van der Waals surface area (Å²) in [4.78, 5) is 18.7. The predicted octanol–water partition coefficient (Wildman–Crippen LogP) is 3.64. The molecule has 0 spiro atoms. The van der Waals surface area contributed by atoms with Crippen molar-refractivity contribution in [2.24, 2.45) is 21.7 Å². The van der Waals surface area contributed by atoms with Gasteiger partial charge in [0.2, 0.25) is 0 Å². The first-order valence-electron chi connectivity index (χ1n) is 7.46. The van der Waals surface area contributed by atoms with Gasteiger partial charge in [0.25, 0.3) is 5.91 Å². The van der Waals surface area contributed by atoms with E-state index in [2.05, 4.69) is 32.7 Å². The second kappa shape index (κ2) is 5.34. The zero-order chi connectivity index (χ0) is 16.0. The number of carbonyl (C=O) groups excluding carboxylic acids is 1. The molecular weight excluding hydrogens is 286 g/mol. The van der Waals surface area contributed by atoms with Crippen molar-refractivity contribution >= 4 is 17.2 Å². The third kappa shape index (κ3) is 2.60. The average Bonchev–Trinajstić information content (AvgIpc) is 2.62. The van der Waals surface area contributed by atoms with Crippen molar-refractivity contribution in [3.05, 3.63) is 15.4 Å². The lowest BCUT2D eigenvalue weighted by Gasteiger charge is -2.04. The Morgan fingerprint density at radius 1 is 1.29 bits per heavy atom. The smallest absolute Gasteiger partial charge is 0.252 e. The molecule has 1 amide bonds. The minimum Gasteiger partial charge on any atom is -0.321 e. The first kappa shape index (κ1) is 16.4. The molecule has 0 atom stereocenters. The molecule has 5 heteroatoms. The number of hydrogen-bond acceptors (Lipinski definition) is 2. The molecule has 0 saturated heterocycles. The van der Waals surface area contributed by atoms with Crippen LogP contribution in [0.5, 0.6) is 0 Å². The first-order valence-corrected chi connectivity index (χ1v) is 8.27. The van der Waals surface area contributed by atoms with Gasteiger partial charge >= 0.3 is 0 Å². The molecular formula is C16H25FN2OS. The number of alkyl halides is 1. The fourth-order valence-corrected chi connectivity index (χ4v) is 4.14. The van der Waals surface area contributed by atoms with Gasteiger partial charge in [-0.05, 0) is 31.1 Å². The molecule has 21 heavy (non-hydrogen) atoms. The molecule has 1 aliphatic carbocycles. The molecule has 2 rings (SSSR count). The molecule has 0 unspecified atom stereocenters. The number of halogens is 1. The first-order chi connectivity index (χ1) is 9.64. The molecule has 0 N–H and O–H groups in total. The molecule has 1 aliphatic rings. The van der Waals surface area contributed by atoms with E-state index in [4.69, 9.17) is 0 Å². The molecule has 0 radical (unpaired) electrons. The third-order valence-electron chi connectivity index (χ3n) is 5.38. The molecule has 1 fully saturated rings. The maximum atomic E-state index is 12.5. The molecule has 1 heterocycles. The molecule has 1 aromatic rings. The Morgan fingerprint density at radius 3 is 2.33 bits per heavy atom. The summed E-state index contributed by atoms with van der Waals surface area (Å²) in [5.74, 6) is -0.0671. The molecule has 1 saturated carbocycles. The average molecular weight is 311 g/mol. The lowest BCUT2D eigenvalue weighted by atomic mass is 10.0. The van der Waals surface area contributed by atoms with Gasteiger partial charge in [0.05, 0.1) is 12.6 Å². The second-order valence-electron chi connectivity index (χ2n) is 7.05. The van der Waals surface area contributed by atoms with Crippen LogP contribution in [-0.4, -0.2) is 17.1 Å². The number of hydrogen-bond donors (Lipinski definition) is 0.